The third-order valence-corrected chi connectivity index (χ3v) is 2.95. The highest BCUT2D eigenvalue weighted by Gasteiger charge is 2.03. The lowest BCUT2D eigenvalue weighted by Gasteiger charge is -2.07. The van der Waals surface area contributed by atoms with E-state index in [1.807, 2.05) is 24.3 Å². The van der Waals surface area contributed by atoms with Crippen LogP contribution in [-0.4, -0.2) is 37.1 Å². The molecule has 0 saturated carbocycles. The number of nitrogens with one attached hydrogen (secondary N) is 2. The number of aromatic nitrogens is 1. The van der Waals surface area contributed by atoms with Crippen LogP contribution in [0.2, 0.25) is 0 Å². The topological polar surface area (TPSA) is 102 Å². The Bertz CT molecular complexity index is 673. The first kappa shape index (κ1) is 16.3. The molecule has 7 nitrogen and oxygen atoms in total. The van der Waals surface area contributed by atoms with E-state index in [1.165, 1.54) is 6.20 Å². The van der Waals surface area contributed by atoms with Gasteiger partial charge in [0.2, 0.25) is 0 Å². The van der Waals surface area contributed by atoms with Gasteiger partial charge in [-0.05, 0) is 24.3 Å². The van der Waals surface area contributed by atoms with Crippen LogP contribution in [0.25, 0.3) is 0 Å². The number of rotatable bonds is 6. The molecule has 0 aliphatic heterocycles. The minimum absolute atomic E-state index is 0.187. The Morgan fingerprint density at radius 2 is 2.22 bits per heavy atom. The quantitative estimate of drug-likeness (QED) is 0.423. The molecule has 0 aliphatic carbocycles. The maximum atomic E-state index is 11.8. The second kappa shape index (κ2) is 8.38. The van der Waals surface area contributed by atoms with Crippen LogP contribution >= 0.6 is 0 Å². The molecule has 1 amide bonds. The lowest BCUT2D eigenvalue weighted by atomic mass is 10.3. The van der Waals surface area contributed by atoms with Crippen molar-refractivity contribution in [3.8, 4) is 5.75 Å². The Morgan fingerprint density at radius 3 is 2.96 bits per heavy atom. The number of carbonyl (C=O) groups excluding carboxylic acids is 1. The zero-order valence-electron chi connectivity index (χ0n) is 12.8. The normalized spacial score (nSPS) is 10.9. The zero-order valence-corrected chi connectivity index (χ0v) is 12.8. The number of methoxy groups -OCH3 is 1. The van der Waals surface area contributed by atoms with Crippen LogP contribution in [0, 0.1) is 0 Å². The third kappa shape index (κ3) is 5.31. The molecule has 1 aromatic heterocycles. The van der Waals surface area contributed by atoms with Gasteiger partial charge in [0.25, 0.3) is 5.91 Å². The summed E-state index contributed by atoms with van der Waals surface area (Å²) < 4.78 is 5.13. The largest absolute Gasteiger partial charge is 0.497 e. The molecule has 0 fully saturated rings. The molecule has 0 aliphatic rings. The van der Waals surface area contributed by atoms with E-state index in [4.69, 9.17) is 10.5 Å². The van der Waals surface area contributed by atoms with Crippen LogP contribution in [0.5, 0.6) is 5.75 Å². The van der Waals surface area contributed by atoms with Crippen molar-refractivity contribution >= 4 is 17.6 Å². The molecule has 0 spiro atoms. The Hall–Kier alpha value is -3.09. The SMILES string of the molecule is COc1cccc(NC(N)=NCCNC(=O)c2cccnc2)c1. The molecule has 7 heteroatoms. The average Bonchev–Trinajstić information content (AvgIpc) is 2.59. The molecule has 120 valence electrons. The van der Waals surface area contributed by atoms with Crippen molar-refractivity contribution in [2.24, 2.45) is 10.7 Å². The standard InChI is InChI=1S/C16H19N5O2/c1-23-14-6-2-5-13(10-14)21-16(17)20-9-8-19-15(22)12-4-3-7-18-11-12/h2-7,10-11H,8-9H2,1H3,(H,19,22)(H3,17,20,21). The van der Waals surface area contributed by atoms with Crippen LogP contribution < -0.4 is 21.1 Å². The predicted octanol–water partition coefficient (Wildman–Crippen LogP) is 1.25. The molecule has 23 heavy (non-hydrogen) atoms. The van der Waals surface area contributed by atoms with Crippen LogP contribution in [0.15, 0.2) is 53.8 Å². The van der Waals surface area contributed by atoms with Crippen LogP contribution in [0.4, 0.5) is 5.69 Å². The highest BCUT2D eigenvalue weighted by atomic mass is 16.5. The van der Waals surface area contributed by atoms with Gasteiger partial charge >= 0.3 is 0 Å². The lowest BCUT2D eigenvalue weighted by molar-refractivity contribution is 0.0954. The smallest absolute Gasteiger partial charge is 0.252 e. The summed E-state index contributed by atoms with van der Waals surface area (Å²) in [6, 6.07) is 10.8. The summed E-state index contributed by atoms with van der Waals surface area (Å²) in [4.78, 5) is 19.8. The van der Waals surface area contributed by atoms with Gasteiger partial charge in [0, 0.05) is 30.7 Å². The highest BCUT2D eigenvalue weighted by molar-refractivity contribution is 5.94. The van der Waals surface area contributed by atoms with Gasteiger partial charge in [-0.25, -0.2) is 0 Å². The first-order chi connectivity index (χ1) is 11.2. The third-order valence-electron chi connectivity index (χ3n) is 2.95. The summed E-state index contributed by atoms with van der Waals surface area (Å²) in [5, 5.41) is 5.71. The summed E-state index contributed by atoms with van der Waals surface area (Å²) in [5.74, 6) is 0.813. The van der Waals surface area contributed by atoms with Gasteiger partial charge in [0.1, 0.15) is 5.75 Å². The van der Waals surface area contributed by atoms with Crippen molar-refractivity contribution in [3.05, 3.63) is 54.4 Å². The van der Waals surface area contributed by atoms with Crippen molar-refractivity contribution in [1.82, 2.24) is 10.3 Å². The first-order valence-electron chi connectivity index (χ1n) is 7.08. The second-order valence-corrected chi connectivity index (χ2v) is 4.62. The fourth-order valence-electron chi connectivity index (χ4n) is 1.83. The van der Waals surface area contributed by atoms with Gasteiger partial charge in [0.05, 0.1) is 19.2 Å². The fourth-order valence-corrected chi connectivity index (χ4v) is 1.83. The number of amides is 1. The molecule has 4 N–H and O–H groups in total. The first-order valence-corrected chi connectivity index (χ1v) is 7.08. The summed E-state index contributed by atoms with van der Waals surface area (Å²) in [7, 11) is 1.60. The number of nitrogens with two attached hydrogens (primary N) is 1. The summed E-state index contributed by atoms with van der Waals surface area (Å²) in [6.07, 6.45) is 3.13. The van der Waals surface area contributed by atoms with E-state index >= 15 is 0 Å². The van der Waals surface area contributed by atoms with Crippen LogP contribution in [0.1, 0.15) is 10.4 Å². The highest BCUT2D eigenvalue weighted by Crippen LogP contribution is 2.16. The van der Waals surface area contributed by atoms with Gasteiger partial charge in [-0.1, -0.05) is 6.07 Å². The van der Waals surface area contributed by atoms with Gasteiger partial charge in [-0.2, -0.15) is 0 Å². The molecule has 1 heterocycles. The monoisotopic (exact) mass is 313 g/mol. The number of nitrogens with zero attached hydrogens (tertiary/aromatic N) is 2. The second-order valence-electron chi connectivity index (χ2n) is 4.62. The molecule has 2 rings (SSSR count). The molecule has 0 radical (unpaired) electrons. The Morgan fingerprint density at radius 1 is 1.35 bits per heavy atom. The molecular formula is C16H19N5O2. The van der Waals surface area contributed by atoms with Gasteiger partial charge in [-0.3, -0.25) is 14.8 Å². The lowest BCUT2D eigenvalue weighted by Crippen LogP contribution is -2.28. The van der Waals surface area contributed by atoms with E-state index in [0.717, 1.165) is 11.4 Å². The summed E-state index contributed by atoms with van der Waals surface area (Å²) in [5.41, 5.74) is 7.10. The Balaban J connectivity index is 1.77. The number of benzene rings is 1. The summed E-state index contributed by atoms with van der Waals surface area (Å²) >= 11 is 0. The van der Waals surface area contributed by atoms with E-state index in [1.54, 1.807) is 25.4 Å². The van der Waals surface area contributed by atoms with Crippen molar-refractivity contribution in [3.63, 3.8) is 0 Å². The van der Waals surface area contributed by atoms with E-state index in [0.29, 0.717) is 18.7 Å². The van der Waals surface area contributed by atoms with Crippen LogP contribution in [0.3, 0.4) is 0 Å². The molecule has 0 unspecified atom stereocenters. The maximum Gasteiger partial charge on any atom is 0.252 e. The minimum Gasteiger partial charge on any atom is -0.497 e. The number of ether oxygens (including phenoxy) is 1. The van der Waals surface area contributed by atoms with Gasteiger partial charge < -0.3 is 21.1 Å². The molecule has 1 aromatic carbocycles. The van der Waals surface area contributed by atoms with Gasteiger partial charge in [0.15, 0.2) is 5.96 Å². The fraction of sp³-hybridized carbons (Fsp3) is 0.188. The number of hydrogen-bond acceptors (Lipinski definition) is 4. The number of guanidine groups is 1. The number of pyridine rings is 1. The van der Waals surface area contributed by atoms with E-state index in [2.05, 4.69) is 20.6 Å². The van der Waals surface area contributed by atoms with Crippen molar-refractivity contribution in [1.29, 1.82) is 0 Å². The minimum atomic E-state index is -0.187. The van der Waals surface area contributed by atoms with E-state index in [-0.39, 0.29) is 11.9 Å². The Kier molecular flexibility index (Phi) is 5.93. The van der Waals surface area contributed by atoms with Crippen molar-refractivity contribution in [2.75, 3.05) is 25.5 Å². The molecular weight excluding hydrogens is 294 g/mol. The number of anilines is 1. The number of aliphatic imine (C=N–C) groups is 1. The van der Waals surface area contributed by atoms with E-state index in [9.17, 15) is 4.79 Å². The van der Waals surface area contributed by atoms with Crippen molar-refractivity contribution < 1.29 is 9.53 Å². The van der Waals surface area contributed by atoms with Crippen LogP contribution in [-0.2, 0) is 0 Å². The molecule has 2 aromatic rings. The van der Waals surface area contributed by atoms with Crippen molar-refractivity contribution in [2.45, 2.75) is 0 Å². The molecule has 0 atom stereocenters. The summed E-state index contributed by atoms with van der Waals surface area (Å²) in [6.45, 7) is 0.753. The number of carbonyl (C=O) groups is 1. The average molecular weight is 313 g/mol. The zero-order chi connectivity index (χ0) is 16.5. The Labute approximate surface area is 134 Å². The maximum absolute atomic E-state index is 11.8. The number of hydrogen-bond donors (Lipinski definition) is 3. The predicted molar refractivity (Wildman–Crippen MR) is 89.7 cm³/mol. The molecule has 0 saturated heterocycles. The van der Waals surface area contributed by atoms with Gasteiger partial charge in [-0.15, -0.1) is 0 Å². The molecule has 0 bridgehead atoms. The van der Waals surface area contributed by atoms with E-state index < -0.39 is 0 Å².